The SMILES string of the molecule is C#CCOc1c(I)cc(/C=C2\SC(=S)N(c3cccc(C(F)(F)F)c3)C2=O)cc1OC. The monoisotopic (exact) mass is 575 g/mol. The predicted molar refractivity (Wildman–Crippen MR) is 127 cm³/mol. The second-order valence-electron chi connectivity index (χ2n) is 6.09. The number of nitrogens with zero attached hydrogens (tertiary/aromatic N) is 1. The van der Waals surface area contributed by atoms with E-state index in [4.69, 9.17) is 28.1 Å². The third kappa shape index (κ3) is 5.16. The van der Waals surface area contributed by atoms with Gasteiger partial charge in [0.15, 0.2) is 15.8 Å². The fourth-order valence-corrected chi connectivity index (χ4v) is 4.82. The average Bonchev–Trinajstić information content (AvgIpc) is 2.99. The highest BCUT2D eigenvalue weighted by Gasteiger charge is 2.36. The van der Waals surface area contributed by atoms with E-state index in [1.54, 1.807) is 18.2 Å². The van der Waals surface area contributed by atoms with E-state index in [0.717, 1.165) is 28.8 Å². The number of hydrogen-bond acceptors (Lipinski definition) is 5. The van der Waals surface area contributed by atoms with Gasteiger partial charge in [0, 0.05) is 0 Å². The van der Waals surface area contributed by atoms with E-state index in [1.165, 1.54) is 19.2 Å². The van der Waals surface area contributed by atoms with Crippen LogP contribution in [0.3, 0.4) is 0 Å². The summed E-state index contributed by atoms with van der Waals surface area (Å²) in [6.45, 7) is 0.0708. The van der Waals surface area contributed by atoms with Gasteiger partial charge in [0.25, 0.3) is 5.91 Å². The number of anilines is 1. The van der Waals surface area contributed by atoms with E-state index in [9.17, 15) is 18.0 Å². The maximum Gasteiger partial charge on any atom is 0.416 e. The normalized spacial score (nSPS) is 15.4. The molecule has 31 heavy (non-hydrogen) atoms. The molecule has 2 aromatic rings. The van der Waals surface area contributed by atoms with Gasteiger partial charge in [-0.1, -0.05) is 36.0 Å². The van der Waals surface area contributed by atoms with E-state index in [1.807, 2.05) is 0 Å². The maximum absolute atomic E-state index is 13.0. The van der Waals surface area contributed by atoms with E-state index in [-0.39, 0.29) is 21.5 Å². The molecular weight excluding hydrogens is 562 g/mol. The summed E-state index contributed by atoms with van der Waals surface area (Å²) in [6, 6.07) is 7.93. The zero-order valence-corrected chi connectivity index (χ0v) is 19.6. The van der Waals surface area contributed by atoms with Gasteiger partial charge in [-0.2, -0.15) is 13.2 Å². The minimum absolute atomic E-state index is 0.0610. The van der Waals surface area contributed by atoms with Gasteiger partial charge in [-0.3, -0.25) is 9.69 Å². The molecule has 0 spiro atoms. The summed E-state index contributed by atoms with van der Waals surface area (Å²) < 4.78 is 50.9. The first-order valence-electron chi connectivity index (χ1n) is 8.54. The van der Waals surface area contributed by atoms with Crippen molar-refractivity contribution in [2.75, 3.05) is 18.6 Å². The molecule has 0 saturated carbocycles. The lowest BCUT2D eigenvalue weighted by Crippen LogP contribution is -2.27. The number of alkyl halides is 3. The van der Waals surface area contributed by atoms with Crippen molar-refractivity contribution in [1.29, 1.82) is 0 Å². The molecule has 0 N–H and O–H groups in total. The van der Waals surface area contributed by atoms with Crippen molar-refractivity contribution in [3.05, 3.63) is 56.0 Å². The molecule has 1 heterocycles. The van der Waals surface area contributed by atoms with Gasteiger partial charge in [0.05, 0.1) is 26.8 Å². The molecule has 1 aliphatic heterocycles. The smallest absolute Gasteiger partial charge is 0.416 e. The number of halogens is 4. The van der Waals surface area contributed by atoms with Crippen molar-refractivity contribution in [2.24, 2.45) is 0 Å². The number of benzene rings is 2. The van der Waals surface area contributed by atoms with E-state index in [0.29, 0.717) is 20.6 Å². The Labute approximate surface area is 199 Å². The number of rotatable bonds is 5. The van der Waals surface area contributed by atoms with Crippen LogP contribution in [-0.2, 0) is 11.0 Å². The number of methoxy groups -OCH3 is 1. The second kappa shape index (κ2) is 9.50. The van der Waals surface area contributed by atoms with E-state index < -0.39 is 17.6 Å². The van der Waals surface area contributed by atoms with Crippen LogP contribution in [0.25, 0.3) is 6.08 Å². The summed E-state index contributed by atoms with van der Waals surface area (Å²) in [5.41, 5.74) is -0.158. The molecule has 0 aliphatic carbocycles. The van der Waals surface area contributed by atoms with Gasteiger partial charge in [-0.05, 0) is 64.6 Å². The number of terminal acetylenes is 1. The van der Waals surface area contributed by atoms with Gasteiger partial charge in [0.2, 0.25) is 0 Å². The van der Waals surface area contributed by atoms with Crippen LogP contribution in [0.5, 0.6) is 11.5 Å². The topological polar surface area (TPSA) is 38.8 Å². The first kappa shape index (κ1) is 23.4. The van der Waals surface area contributed by atoms with Crippen LogP contribution in [0, 0.1) is 15.9 Å². The molecule has 0 radical (unpaired) electrons. The molecule has 4 nitrogen and oxygen atoms in total. The molecule has 1 aliphatic rings. The number of carbonyl (C=O) groups excluding carboxylic acids is 1. The number of ether oxygens (including phenoxy) is 2. The van der Waals surface area contributed by atoms with Crippen LogP contribution >= 0.6 is 46.6 Å². The molecule has 0 aromatic heterocycles. The fraction of sp³-hybridized carbons (Fsp3) is 0.143. The standard InChI is InChI=1S/C21H13F3INO3S2/c1-3-7-29-18-15(25)8-12(9-16(18)28-2)10-17-19(27)26(20(30)31-17)14-6-4-5-13(11-14)21(22,23)24/h1,4-6,8-11H,7H2,2H3/b17-10-. The third-order valence-electron chi connectivity index (χ3n) is 4.07. The lowest BCUT2D eigenvalue weighted by atomic mass is 10.1. The lowest BCUT2D eigenvalue weighted by molar-refractivity contribution is -0.137. The van der Waals surface area contributed by atoms with Gasteiger partial charge < -0.3 is 9.47 Å². The third-order valence-corrected chi connectivity index (χ3v) is 6.18. The van der Waals surface area contributed by atoms with Crippen LogP contribution in [0.2, 0.25) is 0 Å². The van der Waals surface area contributed by atoms with E-state index in [2.05, 4.69) is 28.5 Å². The van der Waals surface area contributed by atoms with Gasteiger partial charge >= 0.3 is 6.18 Å². The quantitative estimate of drug-likeness (QED) is 0.197. The lowest BCUT2D eigenvalue weighted by Gasteiger charge is -2.16. The summed E-state index contributed by atoms with van der Waals surface area (Å²) in [6.07, 6.45) is 2.31. The second-order valence-corrected chi connectivity index (χ2v) is 8.93. The number of amides is 1. The summed E-state index contributed by atoms with van der Waals surface area (Å²) >= 11 is 8.32. The molecule has 1 amide bonds. The van der Waals surface area contributed by atoms with Crippen LogP contribution < -0.4 is 14.4 Å². The Morgan fingerprint density at radius 2 is 2.06 bits per heavy atom. The van der Waals surface area contributed by atoms with Crippen LogP contribution in [0.4, 0.5) is 18.9 Å². The molecule has 10 heteroatoms. The predicted octanol–water partition coefficient (Wildman–Crippen LogP) is 5.74. The highest BCUT2D eigenvalue weighted by atomic mass is 127. The summed E-state index contributed by atoms with van der Waals surface area (Å²) in [5, 5.41) is 0. The largest absolute Gasteiger partial charge is 0.493 e. The highest BCUT2D eigenvalue weighted by Crippen LogP contribution is 2.40. The number of thiocarbonyl (C=S) groups is 1. The number of thioether (sulfide) groups is 1. The Morgan fingerprint density at radius 3 is 2.71 bits per heavy atom. The Balaban J connectivity index is 1.94. The Morgan fingerprint density at radius 1 is 1.32 bits per heavy atom. The number of hydrogen-bond donors (Lipinski definition) is 0. The summed E-state index contributed by atoms with van der Waals surface area (Å²) in [7, 11) is 1.48. The van der Waals surface area contributed by atoms with E-state index >= 15 is 0 Å². The zero-order valence-electron chi connectivity index (χ0n) is 15.8. The maximum atomic E-state index is 13.0. The molecule has 160 valence electrons. The molecule has 1 fully saturated rings. The first-order chi connectivity index (χ1) is 14.7. The molecule has 0 atom stereocenters. The Hall–Kier alpha value is -2.23. The zero-order chi connectivity index (χ0) is 22.8. The molecule has 2 aromatic carbocycles. The van der Waals surface area contributed by atoms with Crippen LogP contribution in [0.1, 0.15) is 11.1 Å². The van der Waals surface area contributed by atoms with Gasteiger partial charge in [-0.15, -0.1) is 6.42 Å². The number of carbonyl (C=O) groups is 1. The van der Waals surface area contributed by atoms with Crippen molar-refractivity contribution in [1.82, 2.24) is 0 Å². The highest BCUT2D eigenvalue weighted by molar-refractivity contribution is 14.1. The van der Waals surface area contributed by atoms with Crippen molar-refractivity contribution in [3.8, 4) is 23.8 Å². The van der Waals surface area contributed by atoms with Crippen molar-refractivity contribution < 1.29 is 27.4 Å². The molecule has 0 unspecified atom stereocenters. The molecule has 0 bridgehead atoms. The summed E-state index contributed by atoms with van der Waals surface area (Å²) in [4.78, 5) is 14.3. The Kier molecular flexibility index (Phi) is 7.18. The molecule has 3 rings (SSSR count). The fourth-order valence-electron chi connectivity index (χ4n) is 2.74. The molecule has 1 saturated heterocycles. The summed E-state index contributed by atoms with van der Waals surface area (Å²) in [5.74, 6) is 2.79. The van der Waals surface area contributed by atoms with Crippen LogP contribution in [-0.4, -0.2) is 23.9 Å². The van der Waals surface area contributed by atoms with Gasteiger partial charge in [-0.25, -0.2) is 0 Å². The minimum Gasteiger partial charge on any atom is -0.493 e. The Bertz CT molecular complexity index is 1130. The van der Waals surface area contributed by atoms with Crippen molar-refractivity contribution in [3.63, 3.8) is 0 Å². The molecular formula is C21H13F3INO3S2. The minimum atomic E-state index is -4.53. The van der Waals surface area contributed by atoms with Gasteiger partial charge in [0.1, 0.15) is 6.61 Å². The first-order valence-corrected chi connectivity index (χ1v) is 10.8. The van der Waals surface area contributed by atoms with Crippen molar-refractivity contribution in [2.45, 2.75) is 6.18 Å². The van der Waals surface area contributed by atoms with Crippen LogP contribution in [0.15, 0.2) is 41.3 Å². The van der Waals surface area contributed by atoms with Crippen molar-refractivity contribution >= 4 is 68.6 Å². The average molecular weight is 575 g/mol.